The Morgan fingerprint density at radius 1 is 1.37 bits per heavy atom. The van der Waals surface area contributed by atoms with E-state index < -0.39 is 0 Å². The number of benzene rings is 1. The number of aryl methyl sites for hydroxylation is 1. The zero-order valence-corrected chi connectivity index (χ0v) is 11.1. The predicted molar refractivity (Wildman–Crippen MR) is 72.7 cm³/mol. The second-order valence-electron chi connectivity index (χ2n) is 4.66. The first kappa shape index (κ1) is 13.3. The summed E-state index contributed by atoms with van der Waals surface area (Å²) >= 11 is 0. The van der Waals surface area contributed by atoms with E-state index in [1.165, 1.54) is 6.92 Å². The maximum absolute atomic E-state index is 11.3. The van der Waals surface area contributed by atoms with Gasteiger partial charge in [0.1, 0.15) is 5.78 Å². The van der Waals surface area contributed by atoms with Crippen LogP contribution in [0.5, 0.6) is 0 Å². The third-order valence-corrected chi connectivity index (χ3v) is 2.94. The van der Waals surface area contributed by atoms with Gasteiger partial charge in [0, 0.05) is 13.6 Å². The smallest absolute Gasteiger partial charge is 0.227 e. The van der Waals surface area contributed by atoms with E-state index in [0.29, 0.717) is 6.54 Å². The number of nitrogens with zero attached hydrogens (tertiary/aromatic N) is 2. The summed E-state index contributed by atoms with van der Waals surface area (Å²) in [6, 6.07) is 6.07. The summed E-state index contributed by atoms with van der Waals surface area (Å²) in [6.07, 6.45) is 2.47. The van der Waals surface area contributed by atoms with Crippen molar-refractivity contribution in [2.24, 2.45) is 7.05 Å². The van der Waals surface area contributed by atoms with Crippen LogP contribution in [0.25, 0.3) is 11.0 Å². The van der Waals surface area contributed by atoms with Gasteiger partial charge in [0.15, 0.2) is 0 Å². The average molecular weight is 259 g/mol. The van der Waals surface area contributed by atoms with Crippen LogP contribution in [-0.2, 0) is 23.1 Å². The predicted octanol–water partition coefficient (Wildman–Crippen LogP) is 1.21. The number of Topliss-reactive ketones (excluding diaryl/α,β-unsaturated/α-hetero) is 1. The second-order valence-corrected chi connectivity index (χ2v) is 4.66. The van der Waals surface area contributed by atoms with Gasteiger partial charge in [0.05, 0.1) is 23.8 Å². The number of nitrogens with one attached hydrogen (secondary N) is 1. The summed E-state index contributed by atoms with van der Waals surface area (Å²) in [5.41, 5.74) is 3.16. The summed E-state index contributed by atoms with van der Waals surface area (Å²) < 4.78 is 1.97. The molecule has 1 N–H and O–H groups in total. The van der Waals surface area contributed by atoms with Crippen molar-refractivity contribution < 1.29 is 9.59 Å². The molecule has 0 spiro atoms. The molecule has 2 rings (SSSR count). The molecular weight excluding hydrogens is 242 g/mol. The van der Waals surface area contributed by atoms with Crippen LogP contribution in [0, 0.1) is 0 Å². The van der Waals surface area contributed by atoms with E-state index in [-0.39, 0.29) is 18.1 Å². The Morgan fingerprint density at radius 2 is 2.16 bits per heavy atom. The summed E-state index contributed by atoms with van der Waals surface area (Å²) in [6.45, 7) is 1.94. The van der Waals surface area contributed by atoms with E-state index in [1.807, 2.05) is 29.8 Å². The highest BCUT2D eigenvalue weighted by Crippen LogP contribution is 2.13. The number of ketones is 1. The lowest BCUT2D eigenvalue weighted by atomic mass is 10.1. The minimum Gasteiger partial charge on any atom is -0.355 e. The van der Waals surface area contributed by atoms with E-state index in [4.69, 9.17) is 0 Å². The van der Waals surface area contributed by atoms with Gasteiger partial charge in [-0.25, -0.2) is 4.98 Å². The molecule has 1 heterocycles. The molecule has 5 nitrogen and oxygen atoms in total. The Morgan fingerprint density at radius 3 is 2.89 bits per heavy atom. The number of carbonyl (C=O) groups is 2. The molecule has 0 unspecified atom stereocenters. The molecule has 0 aliphatic heterocycles. The Balaban J connectivity index is 1.91. The normalized spacial score (nSPS) is 10.6. The van der Waals surface area contributed by atoms with Crippen molar-refractivity contribution in [3.8, 4) is 0 Å². The summed E-state index contributed by atoms with van der Waals surface area (Å²) in [7, 11) is 1.96. The van der Waals surface area contributed by atoms with Gasteiger partial charge >= 0.3 is 0 Å². The standard InChI is InChI=1S/C14H17N3O2/c1-10(18)7-14(19)15-6-5-11-3-4-13-12(8-11)16-9-17(13)2/h3-4,8-9H,5-7H2,1-2H3,(H,15,19). The molecule has 5 heteroatoms. The number of rotatable bonds is 5. The van der Waals surface area contributed by atoms with Crippen LogP contribution in [0.4, 0.5) is 0 Å². The number of fused-ring (bicyclic) bond motifs is 1. The molecule has 100 valence electrons. The molecule has 0 atom stereocenters. The molecule has 1 aromatic carbocycles. The summed E-state index contributed by atoms with van der Waals surface area (Å²) in [5.74, 6) is -0.334. The fourth-order valence-corrected chi connectivity index (χ4v) is 1.97. The van der Waals surface area contributed by atoms with Crippen LogP contribution in [0.2, 0.25) is 0 Å². The van der Waals surface area contributed by atoms with Crippen LogP contribution in [0.3, 0.4) is 0 Å². The maximum atomic E-state index is 11.3. The van der Waals surface area contributed by atoms with Crippen molar-refractivity contribution in [2.75, 3.05) is 6.54 Å². The van der Waals surface area contributed by atoms with Gasteiger partial charge in [-0.15, -0.1) is 0 Å². The Labute approximate surface area is 111 Å². The van der Waals surface area contributed by atoms with E-state index in [9.17, 15) is 9.59 Å². The zero-order valence-electron chi connectivity index (χ0n) is 11.1. The van der Waals surface area contributed by atoms with E-state index in [1.54, 1.807) is 6.33 Å². The number of hydrogen-bond acceptors (Lipinski definition) is 3. The van der Waals surface area contributed by atoms with Crippen LogP contribution in [0.1, 0.15) is 18.9 Å². The maximum Gasteiger partial charge on any atom is 0.227 e. The SMILES string of the molecule is CC(=O)CC(=O)NCCc1ccc2c(c1)ncn2C. The van der Waals surface area contributed by atoms with Crippen LogP contribution < -0.4 is 5.32 Å². The van der Waals surface area contributed by atoms with Gasteiger partial charge in [-0.1, -0.05) is 6.07 Å². The van der Waals surface area contributed by atoms with Crippen molar-refractivity contribution in [1.29, 1.82) is 0 Å². The van der Waals surface area contributed by atoms with Gasteiger partial charge in [-0.3, -0.25) is 9.59 Å². The highest BCUT2D eigenvalue weighted by atomic mass is 16.2. The molecule has 2 aromatic rings. The van der Waals surface area contributed by atoms with Crippen molar-refractivity contribution in [3.63, 3.8) is 0 Å². The summed E-state index contributed by atoms with van der Waals surface area (Å²) in [4.78, 5) is 26.4. The molecule has 0 saturated heterocycles. The third kappa shape index (κ3) is 3.40. The molecule has 0 fully saturated rings. The first-order chi connectivity index (χ1) is 9.06. The van der Waals surface area contributed by atoms with Crippen molar-refractivity contribution in [2.45, 2.75) is 19.8 Å². The van der Waals surface area contributed by atoms with E-state index >= 15 is 0 Å². The number of carbonyl (C=O) groups excluding carboxylic acids is 2. The average Bonchev–Trinajstić information content (AvgIpc) is 2.70. The molecule has 0 bridgehead atoms. The first-order valence-corrected chi connectivity index (χ1v) is 6.22. The molecule has 0 aliphatic carbocycles. The second kappa shape index (κ2) is 5.65. The monoisotopic (exact) mass is 259 g/mol. The molecule has 1 aromatic heterocycles. The third-order valence-electron chi connectivity index (χ3n) is 2.94. The van der Waals surface area contributed by atoms with E-state index in [0.717, 1.165) is 23.0 Å². The lowest BCUT2D eigenvalue weighted by Gasteiger charge is -2.04. The Bertz CT molecular complexity index is 616. The Kier molecular flexibility index (Phi) is 3.94. The number of imidazole rings is 1. The molecule has 1 amide bonds. The quantitative estimate of drug-likeness (QED) is 0.821. The number of hydrogen-bond donors (Lipinski definition) is 1. The largest absolute Gasteiger partial charge is 0.355 e. The molecule has 0 saturated carbocycles. The minimum absolute atomic E-state index is 0.0424. The minimum atomic E-state index is -0.216. The Hall–Kier alpha value is -2.17. The van der Waals surface area contributed by atoms with Crippen molar-refractivity contribution in [1.82, 2.24) is 14.9 Å². The van der Waals surface area contributed by atoms with Gasteiger partial charge in [-0.2, -0.15) is 0 Å². The molecular formula is C14H17N3O2. The van der Waals surface area contributed by atoms with Gasteiger partial charge in [0.25, 0.3) is 0 Å². The zero-order chi connectivity index (χ0) is 13.8. The fraction of sp³-hybridized carbons (Fsp3) is 0.357. The lowest BCUT2D eigenvalue weighted by Crippen LogP contribution is -2.27. The fourth-order valence-electron chi connectivity index (χ4n) is 1.97. The lowest BCUT2D eigenvalue weighted by molar-refractivity contribution is -0.127. The molecule has 0 aliphatic rings. The molecule has 19 heavy (non-hydrogen) atoms. The highest BCUT2D eigenvalue weighted by Gasteiger charge is 2.05. The topological polar surface area (TPSA) is 64.0 Å². The van der Waals surface area contributed by atoms with Crippen LogP contribution in [0.15, 0.2) is 24.5 Å². The van der Waals surface area contributed by atoms with Crippen LogP contribution >= 0.6 is 0 Å². The number of aromatic nitrogens is 2. The highest BCUT2D eigenvalue weighted by molar-refractivity contribution is 5.96. The van der Waals surface area contributed by atoms with Crippen molar-refractivity contribution >= 4 is 22.7 Å². The van der Waals surface area contributed by atoms with Crippen molar-refractivity contribution in [3.05, 3.63) is 30.1 Å². The molecule has 0 radical (unpaired) electrons. The summed E-state index contributed by atoms with van der Waals surface area (Å²) in [5, 5.41) is 2.73. The number of amides is 1. The van der Waals surface area contributed by atoms with E-state index in [2.05, 4.69) is 10.3 Å². The van der Waals surface area contributed by atoms with Crippen LogP contribution in [-0.4, -0.2) is 27.8 Å². The van der Waals surface area contributed by atoms with Gasteiger partial charge in [0.2, 0.25) is 5.91 Å². The first-order valence-electron chi connectivity index (χ1n) is 6.22. The van der Waals surface area contributed by atoms with Gasteiger partial charge < -0.3 is 9.88 Å². The van der Waals surface area contributed by atoms with Gasteiger partial charge in [-0.05, 0) is 31.0 Å².